The predicted molar refractivity (Wildman–Crippen MR) is 93.7 cm³/mol. The van der Waals surface area contributed by atoms with Crippen LogP contribution in [0.25, 0.3) is 0 Å². The maximum Gasteiger partial charge on any atom is 0.317 e. The summed E-state index contributed by atoms with van der Waals surface area (Å²) in [4.78, 5) is 25.7. The Morgan fingerprint density at radius 2 is 1.79 bits per heavy atom. The van der Waals surface area contributed by atoms with E-state index >= 15 is 0 Å². The van der Waals surface area contributed by atoms with Crippen molar-refractivity contribution in [1.82, 2.24) is 15.5 Å². The molecule has 5 nitrogen and oxygen atoms in total. The average Bonchev–Trinajstić information content (AvgIpc) is 2.77. The fourth-order valence-corrected chi connectivity index (χ4v) is 3.83. The minimum Gasteiger partial charge on any atom is -0.353 e. The summed E-state index contributed by atoms with van der Waals surface area (Å²) >= 11 is 0. The van der Waals surface area contributed by atoms with E-state index in [9.17, 15) is 9.59 Å². The van der Waals surface area contributed by atoms with Gasteiger partial charge in [0.1, 0.15) is 0 Å². The first-order valence-electron chi connectivity index (χ1n) is 9.04. The number of hydrogen-bond donors (Lipinski definition) is 2. The summed E-state index contributed by atoms with van der Waals surface area (Å²) in [5.74, 6) is 0.00737. The van der Waals surface area contributed by atoms with Crippen molar-refractivity contribution in [1.29, 1.82) is 0 Å². The van der Waals surface area contributed by atoms with E-state index in [1.165, 1.54) is 17.5 Å². The smallest absolute Gasteiger partial charge is 0.317 e. The number of benzene rings is 1. The van der Waals surface area contributed by atoms with Crippen molar-refractivity contribution in [3.8, 4) is 0 Å². The molecule has 24 heavy (non-hydrogen) atoms. The van der Waals surface area contributed by atoms with Crippen molar-refractivity contribution in [3.63, 3.8) is 0 Å². The number of amides is 3. The van der Waals surface area contributed by atoms with E-state index < -0.39 is 0 Å². The van der Waals surface area contributed by atoms with E-state index in [-0.39, 0.29) is 24.0 Å². The van der Waals surface area contributed by atoms with Crippen LogP contribution in [-0.4, -0.2) is 36.0 Å². The lowest BCUT2D eigenvalue weighted by molar-refractivity contribution is -0.119. The molecule has 0 spiro atoms. The lowest BCUT2D eigenvalue weighted by Crippen LogP contribution is -2.49. The number of piperidine rings is 1. The Labute approximate surface area is 143 Å². The minimum absolute atomic E-state index is 0.00737. The molecule has 1 heterocycles. The Bertz CT molecular complexity index is 594. The lowest BCUT2D eigenvalue weighted by atomic mass is 9.99. The van der Waals surface area contributed by atoms with Gasteiger partial charge >= 0.3 is 6.03 Å². The highest BCUT2D eigenvalue weighted by atomic mass is 16.2. The van der Waals surface area contributed by atoms with E-state index in [1.54, 1.807) is 6.92 Å². The van der Waals surface area contributed by atoms with E-state index in [0.29, 0.717) is 13.1 Å². The molecule has 0 radical (unpaired) electrons. The Morgan fingerprint density at radius 3 is 2.54 bits per heavy atom. The highest BCUT2D eigenvalue weighted by Crippen LogP contribution is 2.28. The number of likely N-dealkylation sites (tertiary alicyclic amines) is 1. The topological polar surface area (TPSA) is 61.4 Å². The fourth-order valence-electron chi connectivity index (χ4n) is 3.83. The SMILES string of the molecule is CC(=O)NC1CCN(C(=O)NC2CCCCc3ccccc32)CC1. The van der Waals surface area contributed by atoms with Crippen LogP contribution in [0, 0.1) is 0 Å². The van der Waals surface area contributed by atoms with Gasteiger partial charge in [0, 0.05) is 26.1 Å². The second-order valence-electron chi connectivity index (χ2n) is 6.91. The van der Waals surface area contributed by atoms with E-state index in [4.69, 9.17) is 0 Å². The summed E-state index contributed by atoms with van der Waals surface area (Å²) in [6.07, 6.45) is 6.09. The molecule has 2 N–H and O–H groups in total. The molecule has 1 atom stereocenters. The molecule has 5 heteroatoms. The zero-order valence-electron chi connectivity index (χ0n) is 14.4. The van der Waals surface area contributed by atoms with Crippen LogP contribution in [0.15, 0.2) is 24.3 Å². The van der Waals surface area contributed by atoms with Gasteiger partial charge in [-0.15, -0.1) is 0 Å². The molecule has 0 saturated carbocycles. The number of fused-ring (bicyclic) bond motifs is 1. The van der Waals surface area contributed by atoms with Crippen LogP contribution < -0.4 is 10.6 Å². The maximum atomic E-state index is 12.6. The van der Waals surface area contributed by atoms with Gasteiger partial charge in [-0.3, -0.25) is 4.79 Å². The number of carbonyl (C=O) groups is 2. The molecule has 1 fully saturated rings. The second kappa shape index (κ2) is 7.69. The molecule has 0 aromatic heterocycles. The fraction of sp³-hybridized carbons (Fsp3) is 0.579. The molecule has 1 aliphatic carbocycles. The normalized spacial score (nSPS) is 21.5. The Balaban J connectivity index is 1.58. The van der Waals surface area contributed by atoms with Crippen molar-refractivity contribution in [2.75, 3.05) is 13.1 Å². The number of urea groups is 1. The molecular weight excluding hydrogens is 302 g/mol. The molecule has 1 aromatic rings. The summed E-state index contributed by atoms with van der Waals surface area (Å²) in [5, 5.41) is 6.19. The van der Waals surface area contributed by atoms with Gasteiger partial charge in [-0.2, -0.15) is 0 Å². The number of hydrogen-bond acceptors (Lipinski definition) is 2. The van der Waals surface area contributed by atoms with Crippen LogP contribution in [-0.2, 0) is 11.2 Å². The molecule has 1 aromatic carbocycles. The third kappa shape index (κ3) is 4.08. The van der Waals surface area contributed by atoms with Crippen molar-refractivity contribution in [2.45, 2.75) is 57.5 Å². The van der Waals surface area contributed by atoms with Gasteiger partial charge in [0.2, 0.25) is 5.91 Å². The Kier molecular flexibility index (Phi) is 5.38. The maximum absolute atomic E-state index is 12.6. The summed E-state index contributed by atoms with van der Waals surface area (Å²) in [6, 6.07) is 8.80. The van der Waals surface area contributed by atoms with E-state index in [2.05, 4.69) is 34.9 Å². The van der Waals surface area contributed by atoms with Crippen molar-refractivity contribution >= 4 is 11.9 Å². The van der Waals surface area contributed by atoms with Gasteiger partial charge in [-0.1, -0.05) is 30.7 Å². The number of rotatable bonds is 2. The summed E-state index contributed by atoms with van der Waals surface area (Å²) in [5.41, 5.74) is 2.64. The molecule has 3 amide bonds. The van der Waals surface area contributed by atoms with Crippen LogP contribution in [0.5, 0.6) is 0 Å². The average molecular weight is 329 g/mol. The Morgan fingerprint density at radius 1 is 1.04 bits per heavy atom. The number of carbonyl (C=O) groups excluding carboxylic acids is 2. The van der Waals surface area contributed by atoms with Gasteiger partial charge in [0.15, 0.2) is 0 Å². The largest absolute Gasteiger partial charge is 0.353 e. The predicted octanol–water partition coefficient (Wildman–Crippen LogP) is 2.76. The van der Waals surface area contributed by atoms with Crippen LogP contribution in [0.4, 0.5) is 4.79 Å². The molecule has 1 saturated heterocycles. The zero-order chi connectivity index (χ0) is 16.9. The van der Waals surface area contributed by atoms with E-state index in [0.717, 1.165) is 32.1 Å². The summed E-state index contributed by atoms with van der Waals surface area (Å²) < 4.78 is 0. The van der Waals surface area contributed by atoms with Crippen LogP contribution >= 0.6 is 0 Å². The van der Waals surface area contributed by atoms with Gasteiger partial charge < -0.3 is 15.5 Å². The molecule has 130 valence electrons. The lowest BCUT2D eigenvalue weighted by Gasteiger charge is -2.33. The summed E-state index contributed by atoms with van der Waals surface area (Å²) in [6.45, 7) is 2.94. The van der Waals surface area contributed by atoms with Crippen molar-refractivity contribution in [3.05, 3.63) is 35.4 Å². The number of nitrogens with zero attached hydrogens (tertiary/aromatic N) is 1. The third-order valence-electron chi connectivity index (χ3n) is 5.11. The summed E-state index contributed by atoms with van der Waals surface area (Å²) in [7, 11) is 0. The third-order valence-corrected chi connectivity index (χ3v) is 5.11. The number of nitrogens with one attached hydrogen (secondary N) is 2. The zero-order valence-corrected chi connectivity index (χ0v) is 14.4. The minimum atomic E-state index is 0.00737. The number of aryl methyl sites for hydroxylation is 1. The molecule has 1 unspecified atom stereocenters. The van der Waals surface area contributed by atoms with Crippen molar-refractivity contribution < 1.29 is 9.59 Å². The molecule has 3 rings (SSSR count). The van der Waals surface area contributed by atoms with E-state index in [1.807, 2.05) is 4.90 Å². The molecule has 0 bridgehead atoms. The monoisotopic (exact) mass is 329 g/mol. The first-order chi connectivity index (χ1) is 11.6. The van der Waals surface area contributed by atoms with Gasteiger partial charge in [0.05, 0.1) is 6.04 Å². The quantitative estimate of drug-likeness (QED) is 0.820. The van der Waals surface area contributed by atoms with Gasteiger partial charge in [0.25, 0.3) is 0 Å². The highest BCUT2D eigenvalue weighted by Gasteiger charge is 2.26. The molecule has 2 aliphatic rings. The Hall–Kier alpha value is -2.04. The first-order valence-corrected chi connectivity index (χ1v) is 9.04. The highest BCUT2D eigenvalue weighted by molar-refractivity contribution is 5.75. The first kappa shape index (κ1) is 16.8. The molecular formula is C19H27N3O2. The van der Waals surface area contributed by atoms with Gasteiger partial charge in [-0.05, 0) is 43.2 Å². The van der Waals surface area contributed by atoms with Crippen LogP contribution in [0.2, 0.25) is 0 Å². The molecule has 1 aliphatic heterocycles. The standard InChI is InChI=1S/C19H27N3O2/c1-14(23)20-16-10-12-22(13-11-16)19(24)21-18-9-5-3-7-15-6-2-4-8-17(15)18/h2,4,6,8,16,18H,3,5,7,9-13H2,1H3,(H,20,23)(H,21,24). The van der Waals surface area contributed by atoms with Gasteiger partial charge in [-0.25, -0.2) is 4.79 Å². The second-order valence-corrected chi connectivity index (χ2v) is 6.91. The van der Waals surface area contributed by atoms with Crippen LogP contribution in [0.3, 0.4) is 0 Å². The van der Waals surface area contributed by atoms with Crippen molar-refractivity contribution in [2.24, 2.45) is 0 Å². The van der Waals surface area contributed by atoms with Crippen LogP contribution in [0.1, 0.15) is 56.2 Å².